The molecule has 7 heteroatoms. The largest absolute Gasteiger partial charge is 0.465 e. The number of carbonyl (C=O) groups excluding carboxylic acids is 3. The van der Waals surface area contributed by atoms with Crippen molar-refractivity contribution < 1.29 is 28.6 Å². The Morgan fingerprint density at radius 1 is 0.766 bits per heavy atom. The summed E-state index contributed by atoms with van der Waals surface area (Å²) in [6.07, 6.45) is 33.8. The van der Waals surface area contributed by atoms with Crippen LogP contribution in [0.5, 0.6) is 5.75 Å². The third-order valence-electron chi connectivity index (χ3n) is 6.90. The van der Waals surface area contributed by atoms with Gasteiger partial charge in [-0.15, -0.1) is 0 Å². The number of allylic oxidation sites excluding steroid dienone is 12. The van der Waals surface area contributed by atoms with Crippen LogP contribution in [-0.2, 0) is 19.1 Å². The highest BCUT2D eigenvalue weighted by Gasteiger charge is 2.28. The van der Waals surface area contributed by atoms with Crippen molar-refractivity contribution in [1.29, 1.82) is 0 Å². The first-order chi connectivity index (χ1) is 22.8. The molecular weight excluding hydrogens is 590 g/mol. The number of hydrogen-bond acceptors (Lipinski definition) is 6. The van der Waals surface area contributed by atoms with E-state index in [4.69, 9.17) is 14.2 Å². The predicted molar refractivity (Wildman–Crippen MR) is 192 cm³/mol. The Kier molecular flexibility index (Phi) is 23.7. The lowest BCUT2D eigenvalue weighted by Gasteiger charge is -2.23. The molecule has 0 aliphatic heterocycles. The molecule has 7 nitrogen and oxygen atoms in total. The van der Waals surface area contributed by atoms with E-state index in [1.54, 1.807) is 12.1 Å². The number of carbonyl (C=O) groups is 3. The molecule has 1 N–H and O–H groups in total. The number of methoxy groups -OCH3 is 1. The zero-order valence-corrected chi connectivity index (χ0v) is 29.2. The van der Waals surface area contributed by atoms with Crippen LogP contribution in [0.4, 0.5) is 0 Å². The SMILES string of the molecule is CC/C=C\C/C=C\C/C=C\C/C=C\C/C=C\C/C=C\CCCOC(CC)C(=O)NC(CC(C)C)C(=O)Oc1ccccc1C(=O)OC. The molecule has 1 aromatic rings. The van der Waals surface area contributed by atoms with Crippen molar-refractivity contribution in [2.45, 2.75) is 104 Å². The number of ether oxygens (including phenoxy) is 3. The molecule has 0 bridgehead atoms. The Morgan fingerprint density at radius 2 is 1.30 bits per heavy atom. The molecule has 0 aliphatic carbocycles. The summed E-state index contributed by atoms with van der Waals surface area (Å²) >= 11 is 0. The van der Waals surface area contributed by atoms with E-state index in [0.29, 0.717) is 19.4 Å². The summed E-state index contributed by atoms with van der Waals surface area (Å²) in [5.74, 6) is -1.40. The number of esters is 2. The van der Waals surface area contributed by atoms with E-state index in [-0.39, 0.29) is 23.1 Å². The average molecular weight is 648 g/mol. The van der Waals surface area contributed by atoms with Crippen LogP contribution in [-0.4, -0.2) is 43.7 Å². The maximum Gasteiger partial charge on any atom is 0.341 e. The Balaban J connectivity index is 2.36. The molecule has 0 spiro atoms. The van der Waals surface area contributed by atoms with Crippen molar-refractivity contribution >= 4 is 17.8 Å². The van der Waals surface area contributed by atoms with Crippen molar-refractivity contribution in [1.82, 2.24) is 5.32 Å². The number of amides is 1. The summed E-state index contributed by atoms with van der Waals surface area (Å²) in [6.45, 7) is 8.37. The van der Waals surface area contributed by atoms with Gasteiger partial charge in [-0.3, -0.25) is 4.79 Å². The second-order valence-corrected chi connectivity index (χ2v) is 11.4. The van der Waals surface area contributed by atoms with Gasteiger partial charge in [0.2, 0.25) is 5.91 Å². The van der Waals surface area contributed by atoms with Gasteiger partial charge in [0.25, 0.3) is 0 Å². The van der Waals surface area contributed by atoms with E-state index in [0.717, 1.165) is 51.4 Å². The Morgan fingerprint density at radius 3 is 1.81 bits per heavy atom. The van der Waals surface area contributed by atoms with Crippen LogP contribution < -0.4 is 10.1 Å². The molecule has 1 amide bonds. The molecular formula is C40H57NO6. The summed E-state index contributed by atoms with van der Waals surface area (Å²) in [6, 6.07) is 5.47. The molecule has 0 radical (unpaired) electrons. The van der Waals surface area contributed by atoms with Crippen molar-refractivity contribution in [2.75, 3.05) is 13.7 Å². The first-order valence-corrected chi connectivity index (χ1v) is 17.0. The maximum atomic E-state index is 13.1. The van der Waals surface area contributed by atoms with E-state index in [1.165, 1.54) is 19.2 Å². The van der Waals surface area contributed by atoms with Crippen LogP contribution >= 0.6 is 0 Å². The van der Waals surface area contributed by atoms with Crippen LogP contribution in [0.15, 0.2) is 97.2 Å². The van der Waals surface area contributed by atoms with Crippen molar-refractivity contribution in [3.8, 4) is 5.75 Å². The highest BCUT2D eigenvalue weighted by atomic mass is 16.5. The smallest absolute Gasteiger partial charge is 0.341 e. The number of unbranched alkanes of at least 4 members (excludes halogenated alkanes) is 1. The Hall–Kier alpha value is -3.97. The van der Waals surface area contributed by atoms with Crippen LogP contribution in [0.1, 0.15) is 102 Å². The summed E-state index contributed by atoms with van der Waals surface area (Å²) in [5.41, 5.74) is 0.139. The first-order valence-electron chi connectivity index (χ1n) is 17.0. The topological polar surface area (TPSA) is 90.9 Å². The molecule has 0 heterocycles. The third kappa shape index (κ3) is 20.0. The van der Waals surface area contributed by atoms with Crippen LogP contribution in [0.3, 0.4) is 0 Å². The fourth-order valence-corrected chi connectivity index (χ4v) is 4.41. The minimum Gasteiger partial charge on any atom is -0.465 e. The first kappa shape index (κ1) is 41.1. The lowest BCUT2D eigenvalue weighted by atomic mass is 10.0. The van der Waals surface area contributed by atoms with Crippen LogP contribution in [0.2, 0.25) is 0 Å². The predicted octanol–water partition coefficient (Wildman–Crippen LogP) is 9.18. The van der Waals surface area contributed by atoms with Crippen LogP contribution in [0.25, 0.3) is 0 Å². The van der Waals surface area contributed by atoms with Gasteiger partial charge in [-0.1, -0.05) is 113 Å². The lowest BCUT2D eigenvalue weighted by molar-refractivity contribution is -0.143. The molecule has 0 aromatic heterocycles. The van der Waals surface area contributed by atoms with Gasteiger partial charge in [-0.2, -0.15) is 0 Å². The van der Waals surface area contributed by atoms with Gasteiger partial charge in [0.05, 0.1) is 7.11 Å². The summed E-state index contributed by atoms with van der Waals surface area (Å²) in [4.78, 5) is 38.2. The van der Waals surface area contributed by atoms with Crippen molar-refractivity contribution in [3.05, 3.63) is 103 Å². The fourth-order valence-electron chi connectivity index (χ4n) is 4.41. The second-order valence-electron chi connectivity index (χ2n) is 11.4. The minimum atomic E-state index is -0.884. The normalized spacial score (nSPS) is 13.6. The standard InChI is InChI=1S/C40H57NO6/c1-6-8-9-10-11-12-13-14-15-16-17-18-19-20-21-22-23-24-25-28-31-46-36(7-2)38(42)41-35(32-33(3)4)40(44)47-37-30-27-26-29-34(37)39(43)45-5/h8-9,11-12,14-15,17-18,20-21,23-24,26-27,29-30,33,35-36H,6-7,10,13,16,19,22,25,28,31-32H2,1-5H3,(H,41,42)/b9-8-,12-11-,15-14-,18-17-,21-20-,24-23-. The minimum absolute atomic E-state index is 0.0880. The molecule has 0 aliphatic rings. The van der Waals surface area contributed by atoms with Crippen molar-refractivity contribution in [2.24, 2.45) is 5.92 Å². The molecule has 2 unspecified atom stereocenters. The van der Waals surface area contributed by atoms with E-state index < -0.39 is 24.1 Å². The van der Waals surface area contributed by atoms with Gasteiger partial charge >= 0.3 is 11.9 Å². The van der Waals surface area contributed by atoms with Gasteiger partial charge in [0.1, 0.15) is 23.5 Å². The molecule has 1 rings (SSSR count). The summed E-state index contributed by atoms with van der Waals surface area (Å²) in [7, 11) is 1.26. The monoisotopic (exact) mass is 647 g/mol. The molecule has 0 saturated heterocycles. The van der Waals surface area contributed by atoms with Gasteiger partial charge in [0, 0.05) is 6.61 Å². The molecule has 2 atom stereocenters. The summed E-state index contributed by atoms with van der Waals surface area (Å²) in [5, 5.41) is 2.81. The number of hydrogen-bond donors (Lipinski definition) is 1. The van der Waals surface area contributed by atoms with E-state index >= 15 is 0 Å². The zero-order valence-electron chi connectivity index (χ0n) is 29.2. The number of benzene rings is 1. The molecule has 47 heavy (non-hydrogen) atoms. The summed E-state index contributed by atoms with van der Waals surface area (Å²) < 4.78 is 16.2. The van der Waals surface area contributed by atoms with E-state index in [2.05, 4.69) is 85.2 Å². The molecule has 258 valence electrons. The van der Waals surface area contributed by atoms with Gasteiger partial charge in [0.15, 0.2) is 0 Å². The molecule has 0 fully saturated rings. The second kappa shape index (κ2) is 27.2. The van der Waals surface area contributed by atoms with Crippen molar-refractivity contribution in [3.63, 3.8) is 0 Å². The van der Waals surface area contributed by atoms with Gasteiger partial charge < -0.3 is 19.5 Å². The Bertz CT molecular complexity index is 1210. The van der Waals surface area contributed by atoms with Gasteiger partial charge in [-0.25, -0.2) is 9.59 Å². The molecule has 0 saturated carbocycles. The lowest BCUT2D eigenvalue weighted by Crippen LogP contribution is -2.48. The molecule has 1 aromatic carbocycles. The van der Waals surface area contributed by atoms with E-state index in [9.17, 15) is 14.4 Å². The number of nitrogens with one attached hydrogen (secondary N) is 1. The fraction of sp³-hybridized carbons (Fsp3) is 0.475. The van der Waals surface area contributed by atoms with E-state index in [1.807, 2.05) is 20.8 Å². The highest BCUT2D eigenvalue weighted by molar-refractivity contribution is 5.94. The Labute approximate surface area is 283 Å². The third-order valence-corrected chi connectivity index (χ3v) is 6.90. The highest BCUT2D eigenvalue weighted by Crippen LogP contribution is 2.20. The number of rotatable bonds is 24. The maximum absolute atomic E-state index is 13.1. The average Bonchev–Trinajstić information content (AvgIpc) is 3.06. The number of para-hydroxylation sites is 1. The van der Waals surface area contributed by atoms with Gasteiger partial charge in [-0.05, 0) is 82.3 Å². The zero-order chi connectivity index (χ0) is 34.5. The van der Waals surface area contributed by atoms with Crippen LogP contribution in [0, 0.1) is 5.92 Å². The quantitative estimate of drug-likeness (QED) is 0.0521.